The van der Waals surface area contributed by atoms with Crippen molar-refractivity contribution in [3.8, 4) is 0 Å². The highest BCUT2D eigenvalue weighted by Gasteiger charge is 2.09. The average Bonchev–Trinajstić information content (AvgIpc) is 2.38. The van der Waals surface area contributed by atoms with Crippen molar-refractivity contribution >= 4 is 21.7 Å². The van der Waals surface area contributed by atoms with Gasteiger partial charge in [0.05, 0.1) is 0 Å². The third-order valence-electron chi connectivity index (χ3n) is 2.66. The highest BCUT2D eigenvalue weighted by molar-refractivity contribution is 9.10. The Kier molecular flexibility index (Phi) is 3.75. The second-order valence-electron chi connectivity index (χ2n) is 3.90. The van der Waals surface area contributed by atoms with Gasteiger partial charge in [0, 0.05) is 15.6 Å². The molecule has 0 N–H and O–H groups in total. The maximum atomic E-state index is 12.2. The summed E-state index contributed by atoms with van der Waals surface area (Å²) in [6, 6.07) is 15.2. The zero-order valence-electron chi connectivity index (χ0n) is 9.61. The van der Waals surface area contributed by atoms with E-state index in [1.807, 2.05) is 48.5 Å². The van der Waals surface area contributed by atoms with Crippen LogP contribution in [0.3, 0.4) is 0 Å². The third-order valence-corrected chi connectivity index (χ3v) is 3.12. The second-order valence-corrected chi connectivity index (χ2v) is 4.81. The lowest BCUT2D eigenvalue weighted by atomic mass is 10.0. The Morgan fingerprint density at radius 2 is 1.76 bits per heavy atom. The molecular weight excluding hydrogens is 276 g/mol. The van der Waals surface area contributed by atoms with Crippen LogP contribution in [0.1, 0.15) is 28.4 Å². The second kappa shape index (κ2) is 5.28. The molecule has 0 aromatic heterocycles. The maximum Gasteiger partial charge on any atom is 0.193 e. The number of aryl methyl sites for hydroxylation is 1. The van der Waals surface area contributed by atoms with E-state index in [1.54, 1.807) is 0 Å². The standard InChI is InChI=1S/C15H13BrO/c1-2-11-8-13(10-14(16)9-11)15(17)12-6-4-3-5-7-12/h3-10H,2H2,1H3. The Morgan fingerprint density at radius 3 is 2.41 bits per heavy atom. The molecule has 0 spiro atoms. The molecule has 0 atom stereocenters. The van der Waals surface area contributed by atoms with E-state index in [9.17, 15) is 4.79 Å². The van der Waals surface area contributed by atoms with E-state index in [0.717, 1.165) is 22.0 Å². The molecule has 0 radical (unpaired) electrons. The highest BCUT2D eigenvalue weighted by Crippen LogP contribution is 2.19. The molecule has 17 heavy (non-hydrogen) atoms. The fourth-order valence-electron chi connectivity index (χ4n) is 1.74. The first kappa shape index (κ1) is 12.1. The molecule has 0 aliphatic carbocycles. The number of carbonyl (C=O) groups is 1. The number of halogens is 1. The van der Waals surface area contributed by atoms with E-state index in [1.165, 1.54) is 5.56 Å². The minimum absolute atomic E-state index is 0.0709. The summed E-state index contributed by atoms with van der Waals surface area (Å²) in [4.78, 5) is 12.2. The van der Waals surface area contributed by atoms with Crippen LogP contribution in [0.15, 0.2) is 53.0 Å². The van der Waals surface area contributed by atoms with Gasteiger partial charge in [-0.2, -0.15) is 0 Å². The molecule has 0 aliphatic heterocycles. The fourth-order valence-corrected chi connectivity index (χ4v) is 2.28. The predicted molar refractivity (Wildman–Crippen MR) is 73.4 cm³/mol. The molecule has 0 bridgehead atoms. The molecule has 2 aromatic rings. The molecule has 86 valence electrons. The van der Waals surface area contributed by atoms with Crippen LogP contribution < -0.4 is 0 Å². The Hall–Kier alpha value is -1.41. The third kappa shape index (κ3) is 2.83. The van der Waals surface area contributed by atoms with Gasteiger partial charge < -0.3 is 0 Å². The first-order valence-electron chi connectivity index (χ1n) is 5.60. The number of ketones is 1. The summed E-state index contributed by atoms with van der Waals surface area (Å²) in [6.07, 6.45) is 0.925. The SMILES string of the molecule is CCc1cc(Br)cc(C(=O)c2ccccc2)c1. The minimum atomic E-state index is 0.0709. The first-order valence-corrected chi connectivity index (χ1v) is 6.39. The van der Waals surface area contributed by atoms with Gasteiger partial charge in [0.25, 0.3) is 0 Å². The number of benzene rings is 2. The molecule has 0 amide bonds. The Morgan fingerprint density at radius 1 is 1.06 bits per heavy atom. The molecule has 2 aromatic carbocycles. The van der Waals surface area contributed by atoms with Crippen LogP contribution >= 0.6 is 15.9 Å². The summed E-state index contributed by atoms with van der Waals surface area (Å²) in [7, 11) is 0. The van der Waals surface area contributed by atoms with E-state index in [2.05, 4.69) is 22.9 Å². The lowest BCUT2D eigenvalue weighted by Crippen LogP contribution is -2.01. The van der Waals surface area contributed by atoms with Crippen LogP contribution in [0, 0.1) is 0 Å². The van der Waals surface area contributed by atoms with E-state index < -0.39 is 0 Å². The van der Waals surface area contributed by atoms with Crippen molar-refractivity contribution in [3.05, 3.63) is 69.7 Å². The van der Waals surface area contributed by atoms with Crippen molar-refractivity contribution < 1.29 is 4.79 Å². The fraction of sp³-hybridized carbons (Fsp3) is 0.133. The summed E-state index contributed by atoms with van der Waals surface area (Å²) in [5.41, 5.74) is 2.63. The molecule has 1 nitrogen and oxygen atoms in total. The highest BCUT2D eigenvalue weighted by atomic mass is 79.9. The van der Waals surface area contributed by atoms with Gasteiger partial charge in [-0.05, 0) is 30.2 Å². The van der Waals surface area contributed by atoms with Gasteiger partial charge >= 0.3 is 0 Å². The predicted octanol–water partition coefficient (Wildman–Crippen LogP) is 4.24. The van der Waals surface area contributed by atoms with Gasteiger partial charge in [-0.1, -0.05) is 53.2 Å². The van der Waals surface area contributed by atoms with Crippen LogP contribution in [0.5, 0.6) is 0 Å². The van der Waals surface area contributed by atoms with E-state index in [0.29, 0.717) is 0 Å². The van der Waals surface area contributed by atoms with Crippen LogP contribution in [-0.2, 0) is 6.42 Å². The van der Waals surface area contributed by atoms with Gasteiger partial charge in [-0.15, -0.1) is 0 Å². The van der Waals surface area contributed by atoms with Crippen molar-refractivity contribution in [2.24, 2.45) is 0 Å². The minimum Gasteiger partial charge on any atom is -0.289 e. The maximum absolute atomic E-state index is 12.2. The molecule has 2 heteroatoms. The number of hydrogen-bond acceptors (Lipinski definition) is 1. The quantitative estimate of drug-likeness (QED) is 0.772. The zero-order chi connectivity index (χ0) is 12.3. The van der Waals surface area contributed by atoms with Crippen molar-refractivity contribution in [1.29, 1.82) is 0 Å². The van der Waals surface area contributed by atoms with Crippen LogP contribution in [0.4, 0.5) is 0 Å². The molecule has 0 fully saturated rings. The molecule has 0 aliphatic rings. The van der Waals surface area contributed by atoms with E-state index in [-0.39, 0.29) is 5.78 Å². The lowest BCUT2D eigenvalue weighted by molar-refractivity contribution is 0.103. The Bertz CT molecular complexity index is 532. The summed E-state index contributed by atoms with van der Waals surface area (Å²) in [5, 5.41) is 0. The molecule has 0 unspecified atom stereocenters. The molecule has 2 rings (SSSR count). The van der Waals surface area contributed by atoms with Crippen LogP contribution in [0.2, 0.25) is 0 Å². The number of hydrogen-bond donors (Lipinski definition) is 0. The van der Waals surface area contributed by atoms with Crippen molar-refractivity contribution in [2.75, 3.05) is 0 Å². The van der Waals surface area contributed by atoms with Gasteiger partial charge in [-0.25, -0.2) is 0 Å². The number of rotatable bonds is 3. The van der Waals surface area contributed by atoms with Gasteiger partial charge in [0.2, 0.25) is 0 Å². The largest absolute Gasteiger partial charge is 0.289 e. The van der Waals surface area contributed by atoms with E-state index in [4.69, 9.17) is 0 Å². The Balaban J connectivity index is 2.41. The monoisotopic (exact) mass is 288 g/mol. The molecule has 0 heterocycles. The molecule has 0 saturated carbocycles. The summed E-state index contributed by atoms with van der Waals surface area (Å²) >= 11 is 3.44. The summed E-state index contributed by atoms with van der Waals surface area (Å²) in [5.74, 6) is 0.0709. The topological polar surface area (TPSA) is 17.1 Å². The normalized spacial score (nSPS) is 10.2. The van der Waals surface area contributed by atoms with Gasteiger partial charge in [-0.3, -0.25) is 4.79 Å². The smallest absolute Gasteiger partial charge is 0.193 e. The van der Waals surface area contributed by atoms with E-state index >= 15 is 0 Å². The van der Waals surface area contributed by atoms with Crippen molar-refractivity contribution in [3.63, 3.8) is 0 Å². The molecular formula is C15H13BrO. The van der Waals surface area contributed by atoms with Crippen molar-refractivity contribution in [1.82, 2.24) is 0 Å². The average molecular weight is 289 g/mol. The van der Waals surface area contributed by atoms with Crippen LogP contribution in [-0.4, -0.2) is 5.78 Å². The van der Waals surface area contributed by atoms with Gasteiger partial charge in [0.15, 0.2) is 5.78 Å². The first-order chi connectivity index (χ1) is 8.20. The Labute approximate surface area is 110 Å². The van der Waals surface area contributed by atoms with Gasteiger partial charge in [0.1, 0.15) is 0 Å². The van der Waals surface area contributed by atoms with Crippen LogP contribution in [0.25, 0.3) is 0 Å². The molecule has 0 saturated heterocycles. The van der Waals surface area contributed by atoms with Crippen molar-refractivity contribution in [2.45, 2.75) is 13.3 Å². The number of carbonyl (C=O) groups excluding carboxylic acids is 1. The lowest BCUT2D eigenvalue weighted by Gasteiger charge is -2.05. The zero-order valence-corrected chi connectivity index (χ0v) is 11.2. The summed E-state index contributed by atoms with van der Waals surface area (Å²) in [6.45, 7) is 2.08. The summed E-state index contributed by atoms with van der Waals surface area (Å²) < 4.78 is 0.955.